The van der Waals surface area contributed by atoms with Crippen LogP contribution in [0.3, 0.4) is 0 Å². The molecule has 2 aromatic rings. The first-order chi connectivity index (χ1) is 8.29. The molecular formula is C14H17NOS. The Bertz CT molecular complexity index is 453. The lowest BCUT2D eigenvalue weighted by molar-refractivity contribution is 0.280. The summed E-state index contributed by atoms with van der Waals surface area (Å²) in [4.78, 5) is 1.26. The second-order valence-electron chi connectivity index (χ2n) is 4.09. The van der Waals surface area contributed by atoms with Gasteiger partial charge in [0.2, 0.25) is 0 Å². The lowest BCUT2D eigenvalue weighted by Crippen LogP contribution is -2.11. The summed E-state index contributed by atoms with van der Waals surface area (Å²) in [5.41, 5.74) is 2.35. The number of aliphatic hydroxyl groups is 1. The van der Waals surface area contributed by atoms with Gasteiger partial charge in [-0.15, -0.1) is 11.3 Å². The van der Waals surface area contributed by atoms with Crippen molar-refractivity contribution < 1.29 is 5.11 Å². The molecule has 0 aliphatic carbocycles. The summed E-state index contributed by atoms with van der Waals surface area (Å²) >= 11 is 1.72. The molecule has 1 aromatic carbocycles. The van der Waals surface area contributed by atoms with Crippen molar-refractivity contribution in [3.63, 3.8) is 0 Å². The quantitative estimate of drug-likeness (QED) is 0.846. The minimum absolute atomic E-state index is 0.196. The largest absolute Gasteiger partial charge is 0.396 e. The van der Waals surface area contributed by atoms with Crippen molar-refractivity contribution in [3.05, 3.63) is 52.2 Å². The van der Waals surface area contributed by atoms with Crippen molar-refractivity contribution in [2.75, 3.05) is 11.9 Å². The average molecular weight is 247 g/mol. The van der Waals surface area contributed by atoms with Gasteiger partial charge in [0.25, 0.3) is 0 Å². The highest BCUT2D eigenvalue weighted by atomic mass is 32.1. The summed E-state index contributed by atoms with van der Waals surface area (Å²) in [6.45, 7) is 2.28. The van der Waals surface area contributed by atoms with Crippen LogP contribution in [-0.4, -0.2) is 11.7 Å². The fraction of sp³-hybridized carbons (Fsp3) is 0.286. The summed E-state index contributed by atoms with van der Waals surface area (Å²) in [5.74, 6) is 0. The van der Waals surface area contributed by atoms with E-state index in [9.17, 15) is 0 Å². The molecule has 2 nitrogen and oxygen atoms in total. The van der Waals surface area contributed by atoms with E-state index >= 15 is 0 Å². The van der Waals surface area contributed by atoms with Crippen LogP contribution in [0.15, 0.2) is 41.8 Å². The van der Waals surface area contributed by atoms with Gasteiger partial charge >= 0.3 is 0 Å². The fourth-order valence-electron chi connectivity index (χ4n) is 1.84. The molecule has 0 saturated heterocycles. The van der Waals surface area contributed by atoms with E-state index in [-0.39, 0.29) is 12.6 Å². The molecule has 3 heteroatoms. The van der Waals surface area contributed by atoms with Gasteiger partial charge in [0.1, 0.15) is 0 Å². The number of rotatable bonds is 5. The van der Waals surface area contributed by atoms with Gasteiger partial charge in [-0.3, -0.25) is 0 Å². The van der Waals surface area contributed by atoms with Crippen molar-refractivity contribution in [2.45, 2.75) is 19.4 Å². The highest BCUT2D eigenvalue weighted by molar-refractivity contribution is 7.10. The smallest absolute Gasteiger partial charge is 0.0628 e. The maximum Gasteiger partial charge on any atom is 0.0628 e. The van der Waals surface area contributed by atoms with Crippen molar-refractivity contribution in [3.8, 4) is 0 Å². The van der Waals surface area contributed by atoms with Crippen molar-refractivity contribution in [1.29, 1.82) is 0 Å². The van der Waals surface area contributed by atoms with Crippen molar-refractivity contribution >= 4 is 17.0 Å². The van der Waals surface area contributed by atoms with E-state index in [4.69, 9.17) is 5.11 Å². The molecule has 0 aliphatic rings. The van der Waals surface area contributed by atoms with E-state index in [0.717, 1.165) is 12.1 Å². The van der Waals surface area contributed by atoms with Gasteiger partial charge in [-0.2, -0.15) is 0 Å². The van der Waals surface area contributed by atoms with Gasteiger partial charge in [-0.05, 0) is 42.5 Å². The van der Waals surface area contributed by atoms with Crippen LogP contribution < -0.4 is 5.32 Å². The number of thiophene rings is 1. The molecule has 0 radical (unpaired) electrons. The predicted octanol–water partition coefficient (Wildman–Crippen LogP) is 3.59. The average Bonchev–Trinajstić information content (AvgIpc) is 2.82. The van der Waals surface area contributed by atoms with Gasteiger partial charge in [-0.25, -0.2) is 0 Å². The Labute approximate surface area is 106 Å². The lowest BCUT2D eigenvalue weighted by Gasteiger charge is -2.18. The predicted molar refractivity (Wildman–Crippen MR) is 73.6 cm³/mol. The minimum atomic E-state index is 0.196. The SMILES string of the molecule is Cc1cccc(NC(CCO)c2cccs2)c1. The van der Waals surface area contributed by atoms with Crippen LogP contribution in [0.1, 0.15) is 22.9 Å². The molecule has 0 bridgehead atoms. The Morgan fingerprint density at radius 2 is 2.18 bits per heavy atom. The summed E-state index contributed by atoms with van der Waals surface area (Å²) in [6.07, 6.45) is 0.731. The van der Waals surface area contributed by atoms with Gasteiger partial charge < -0.3 is 10.4 Å². The summed E-state index contributed by atoms with van der Waals surface area (Å²) in [5, 5.41) is 14.7. The number of benzene rings is 1. The number of hydrogen-bond donors (Lipinski definition) is 2. The lowest BCUT2D eigenvalue weighted by atomic mass is 10.1. The molecule has 0 aliphatic heterocycles. The third-order valence-corrected chi connectivity index (χ3v) is 3.65. The van der Waals surface area contributed by atoms with E-state index < -0.39 is 0 Å². The first kappa shape index (κ1) is 12.1. The topological polar surface area (TPSA) is 32.3 Å². The van der Waals surface area contributed by atoms with Gasteiger partial charge in [-0.1, -0.05) is 18.2 Å². The Morgan fingerprint density at radius 3 is 2.82 bits per heavy atom. The van der Waals surface area contributed by atoms with E-state index in [1.807, 2.05) is 12.1 Å². The van der Waals surface area contributed by atoms with Crippen LogP contribution in [-0.2, 0) is 0 Å². The highest BCUT2D eigenvalue weighted by Crippen LogP contribution is 2.26. The zero-order valence-electron chi connectivity index (χ0n) is 9.89. The van der Waals surface area contributed by atoms with Crippen LogP contribution in [0.5, 0.6) is 0 Å². The number of nitrogens with one attached hydrogen (secondary N) is 1. The zero-order chi connectivity index (χ0) is 12.1. The number of aryl methyl sites for hydroxylation is 1. The molecule has 2 rings (SSSR count). The standard InChI is InChI=1S/C14H17NOS/c1-11-4-2-5-12(10-11)15-13(7-8-16)14-6-3-9-17-14/h2-6,9-10,13,15-16H,7-8H2,1H3. The number of hydrogen-bond acceptors (Lipinski definition) is 3. The molecular weight excluding hydrogens is 230 g/mol. The zero-order valence-corrected chi connectivity index (χ0v) is 10.7. The third-order valence-electron chi connectivity index (χ3n) is 2.66. The first-order valence-corrected chi connectivity index (χ1v) is 6.65. The second kappa shape index (κ2) is 5.84. The van der Waals surface area contributed by atoms with Crippen LogP contribution in [0, 0.1) is 6.92 Å². The molecule has 1 heterocycles. The Hall–Kier alpha value is -1.32. The summed E-state index contributed by atoms with van der Waals surface area (Å²) < 4.78 is 0. The molecule has 90 valence electrons. The van der Waals surface area contributed by atoms with Crippen LogP contribution in [0.4, 0.5) is 5.69 Å². The van der Waals surface area contributed by atoms with Crippen molar-refractivity contribution in [1.82, 2.24) is 0 Å². The Balaban J connectivity index is 2.13. The first-order valence-electron chi connectivity index (χ1n) is 5.77. The molecule has 2 N–H and O–H groups in total. The molecule has 0 saturated carbocycles. The summed E-state index contributed by atoms with van der Waals surface area (Å²) in [7, 11) is 0. The third kappa shape index (κ3) is 3.32. The molecule has 0 fully saturated rings. The molecule has 1 atom stereocenters. The maximum absolute atomic E-state index is 9.13. The van der Waals surface area contributed by atoms with E-state index in [0.29, 0.717) is 0 Å². The number of anilines is 1. The summed E-state index contributed by atoms with van der Waals surface area (Å²) in [6, 6.07) is 12.7. The Kier molecular flexibility index (Phi) is 4.18. The normalized spacial score (nSPS) is 12.4. The monoisotopic (exact) mass is 247 g/mol. The molecule has 1 unspecified atom stereocenters. The number of aliphatic hydroxyl groups excluding tert-OH is 1. The highest BCUT2D eigenvalue weighted by Gasteiger charge is 2.11. The van der Waals surface area contributed by atoms with Gasteiger partial charge in [0, 0.05) is 17.2 Å². The Morgan fingerprint density at radius 1 is 1.29 bits per heavy atom. The van der Waals surface area contributed by atoms with Crippen LogP contribution in [0.25, 0.3) is 0 Å². The minimum Gasteiger partial charge on any atom is -0.396 e. The van der Waals surface area contributed by atoms with E-state index in [1.165, 1.54) is 10.4 Å². The van der Waals surface area contributed by atoms with E-state index in [1.54, 1.807) is 11.3 Å². The maximum atomic E-state index is 9.13. The molecule has 0 amide bonds. The van der Waals surface area contributed by atoms with Gasteiger partial charge in [0.15, 0.2) is 0 Å². The molecule has 1 aromatic heterocycles. The van der Waals surface area contributed by atoms with Gasteiger partial charge in [0.05, 0.1) is 6.04 Å². The van der Waals surface area contributed by atoms with Crippen LogP contribution in [0.2, 0.25) is 0 Å². The van der Waals surface area contributed by atoms with Crippen LogP contribution >= 0.6 is 11.3 Å². The molecule has 0 spiro atoms. The fourth-order valence-corrected chi connectivity index (χ4v) is 2.65. The molecule has 17 heavy (non-hydrogen) atoms. The van der Waals surface area contributed by atoms with E-state index in [2.05, 4.69) is 41.9 Å². The second-order valence-corrected chi connectivity index (χ2v) is 5.07. The van der Waals surface area contributed by atoms with Crippen molar-refractivity contribution in [2.24, 2.45) is 0 Å².